The van der Waals surface area contributed by atoms with E-state index in [-0.39, 0.29) is 17.7 Å². The largest absolute Gasteiger partial charge is 0.444 e. The van der Waals surface area contributed by atoms with Gasteiger partial charge in [0.15, 0.2) is 0 Å². The summed E-state index contributed by atoms with van der Waals surface area (Å²) in [6.07, 6.45) is 2.10. The summed E-state index contributed by atoms with van der Waals surface area (Å²) in [6.45, 7) is 15.6. The predicted molar refractivity (Wildman–Crippen MR) is 163 cm³/mol. The minimum Gasteiger partial charge on any atom is -0.444 e. The predicted octanol–water partition coefficient (Wildman–Crippen LogP) is 7.46. The molecule has 220 valence electrons. The molecule has 2 N–H and O–H groups in total. The minimum absolute atomic E-state index is 0.110. The standard InChI is InChI=1S/C32H46ClN3O4/c1-9-11-19-36(30(38)26(20-21(3)4)34-31(39)40-32(6,7)8)28(24-17-15-23(10-2)16-18-24)29(37)35-27-22(5)13-12-14-25(27)33/h12-18,21,26,28H,9-11,19-20H2,1-8H3,(H,34,39)(H,35,37). The first-order valence-corrected chi connectivity index (χ1v) is 14.6. The van der Waals surface area contributed by atoms with Crippen LogP contribution in [0.4, 0.5) is 10.5 Å². The molecule has 40 heavy (non-hydrogen) atoms. The van der Waals surface area contributed by atoms with Gasteiger partial charge in [0.2, 0.25) is 5.91 Å². The Hall–Kier alpha value is -3.06. The van der Waals surface area contributed by atoms with Crippen molar-refractivity contribution < 1.29 is 19.1 Å². The van der Waals surface area contributed by atoms with E-state index in [0.717, 1.165) is 24.0 Å². The maximum atomic E-state index is 14.3. The van der Waals surface area contributed by atoms with Gasteiger partial charge in [-0.3, -0.25) is 9.59 Å². The van der Waals surface area contributed by atoms with E-state index in [2.05, 4.69) is 17.6 Å². The Kier molecular flexibility index (Phi) is 12.5. The quantitative estimate of drug-likeness (QED) is 0.277. The first kappa shape index (κ1) is 33.1. The van der Waals surface area contributed by atoms with E-state index < -0.39 is 23.8 Å². The third kappa shape index (κ3) is 9.84. The Morgan fingerprint density at radius 2 is 1.68 bits per heavy atom. The van der Waals surface area contributed by atoms with Gasteiger partial charge < -0.3 is 20.3 Å². The zero-order valence-electron chi connectivity index (χ0n) is 25.3. The molecule has 0 aliphatic carbocycles. The van der Waals surface area contributed by atoms with Gasteiger partial charge >= 0.3 is 6.09 Å². The van der Waals surface area contributed by atoms with Gasteiger partial charge in [0, 0.05) is 6.54 Å². The molecule has 0 heterocycles. The lowest BCUT2D eigenvalue weighted by atomic mass is 9.97. The van der Waals surface area contributed by atoms with Gasteiger partial charge in [-0.05, 0) is 75.6 Å². The summed E-state index contributed by atoms with van der Waals surface area (Å²) < 4.78 is 5.47. The van der Waals surface area contributed by atoms with Gasteiger partial charge in [0.05, 0.1) is 10.7 Å². The third-order valence-electron chi connectivity index (χ3n) is 6.47. The second-order valence-electron chi connectivity index (χ2n) is 11.6. The Morgan fingerprint density at radius 3 is 2.20 bits per heavy atom. The normalized spacial score (nSPS) is 12.9. The van der Waals surface area contributed by atoms with Crippen LogP contribution in [0, 0.1) is 12.8 Å². The van der Waals surface area contributed by atoms with Gasteiger partial charge in [0.25, 0.3) is 5.91 Å². The van der Waals surface area contributed by atoms with Gasteiger partial charge in [-0.2, -0.15) is 0 Å². The van der Waals surface area contributed by atoms with Crippen LogP contribution in [0.25, 0.3) is 0 Å². The van der Waals surface area contributed by atoms with E-state index in [1.54, 1.807) is 31.7 Å². The summed E-state index contributed by atoms with van der Waals surface area (Å²) in [5.41, 5.74) is 2.42. The molecule has 2 aromatic rings. The Morgan fingerprint density at radius 1 is 1.02 bits per heavy atom. The molecule has 0 aromatic heterocycles. The van der Waals surface area contributed by atoms with Gasteiger partial charge in [-0.15, -0.1) is 0 Å². The fourth-order valence-electron chi connectivity index (χ4n) is 4.43. The fourth-order valence-corrected chi connectivity index (χ4v) is 4.70. The molecule has 0 radical (unpaired) electrons. The lowest BCUT2D eigenvalue weighted by molar-refractivity contribution is -0.141. The number of nitrogens with zero attached hydrogens (tertiary/aromatic N) is 1. The Balaban J connectivity index is 2.58. The molecule has 7 nitrogen and oxygen atoms in total. The molecule has 0 aliphatic rings. The molecule has 8 heteroatoms. The number of aryl methyl sites for hydroxylation is 2. The topological polar surface area (TPSA) is 87.7 Å². The van der Waals surface area contributed by atoms with E-state index in [4.69, 9.17) is 16.3 Å². The molecule has 0 saturated heterocycles. The highest BCUT2D eigenvalue weighted by Crippen LogP contribution is 2.30. The van der Waals surface area contributed by atoms with Crippen LogP contribution >= 0.6 is 11.6 Å². The van der Waals surface area contributed by atoms with Gasteiger partial charge in [0.1, 0.15) is 17.7 Å². The molecule has 2 aromatic carbocycles. The number of amides is 3. The smallest absolute Gasteiger partial charge is 0.408 e. The molecule has 0 fully saturated rings. The van der Waals surface area contributed by atoms with Crippen LogP contribution < -0.4 is 10.6 Å². The number of carbonyl (C=O) groups excluding carboxylic acids is 3. The van der Waals surface area contributed by atoms with E-state index >= 15 is 0 Å². The summed E-state index contributed by atoms with van der Waals surface area (Å²) in [5.74, 6) is -0.590. The van der Waals surface area contributed by atoms with Crippen LogP contribution in [0.5, 0.6) is 0 Å². The summed E-state index contributed by atoms with van der Waals surface area (Å²) in [4.78, 5) is 42.7. The van der Waals surface area contributed by atoms with Crippen molar-refractivity contribution in [3.05, 3.63) is 64.2 Å². The van der Waals surface area contributed by atoms with Crippen molar-refractivity contribution in [3.8, 4) is 0 Å². The van der Waals surface area contributed by atoms with Crippen molar-refractivity contribution in [3.63, 3.8) is 0 Å². The highest BCUT2D eigenvalue weighted by atomic mass is 35.5. The number of hydrogen-bond acceptors (Lipinski definition) is 4. The number of benzene rings is 2. The molecule has 0 spiro atoms. The summed E-state index contributed by atoms with van der Waals surface area (Å²) >= 11 is 6.45. The second kappa shape index (κ2) is 15.1. The van der Waals surface area contributed by atoms with E-state index in [0.29, 0.717) is 35.7 Å². The Bertz CT molecular complexity index is 1120. The van der Waals surface area contributed by atoms with Crippen molar-refractivity contribution in [2.75, 3.05) is 11.9 Å². The molecular weight excluding hydrogens is 526 g/mol. The van der Waals surface area contributed by atoms with E-state index in [9.17, 15) is 14.4 Å². The van der Waals surface area contributed by atoms with Crippen molar-refractivity contribution >= 4 is 35.2 Å². The maximum absolute atomic E-state index is 14.3. The molecule has 0 aliphatic heterocycles. The second-order valence-corrected chi connectivity index (χ2v) is 12.0. The molecule has 0 saturated carbocycles. The number of alkyl carbamates (subject to hydrolysis) is 1. The number of hydrogen-bond donors (Lipinski definition) is 2. The molecule has 3 amide bonds. The van der Waals surface area contributed by atoms with Crippen molar-refractivity contribution in [2.24, 2.45) is 5.92 Å². The first-order valence-electron chi connectivity index (χ1n) is 14.2. The Labute approximate surface area is 245 Å². The first-order chi connectivity index (χ1) is 18.8. The molecule has 2 unspecified atom stereocenters. The number of carbonyl (C=O) groups is 3. The zero-order chi connectivity index (χ0) is 30.0. The molecule has 2 rings (SSSR count). The average molecular weight is 572 g/mol. The highest BCUT2D eigenvalue weighted by Gasteiger charge is 2.36. The number of unbranched alkanes of at least 4 members (excludes halogenated alkanes) is 1. The number of para-hydroxylation sites is 1. The van der Waals surface area contributed by atoms with Crippen LogP contribution in [0.2, 0.25) is 5.02 Å². The summed E-state index contributed by atoms with van der Waals surface area (Å²) in [7, 11) is 0. The van der Waals surface area contributed by atoms with Crippen LogP contribution in [0.15, 0.2) is 42.5 Å². The van der Waals surface area contributed by atoms with Crippen molar-refractivity contribution in [1.29, 1.82) is 0 Å². The van der Waals surface area contributed by atoms with Crippen LogP contribution in [0.3, 0.4) is 0 Å². The lowest BCUT2D eigenvalue weighted by Gasteiger charge is -2.35. The van der Waals surface area contributed by atoms with Crippen LogP contribution in [-0.4, -0.2) is 41.0 Å². The number of anilines is 1. The zero-order valence-corrected chi connectivity index (χ0v) is 26.0. The molecule has 2 atom stereocenters. The lowest BCUT2D eigenvalue weighted by Crippen LogP contribution is -2.53. The van der Waals surface area contributed by atoms with Gasteiger partial charge in [-0.25, -0.2) is 4.79 Å². The minimum atomic E-state index is -0.935. The fraction of sp³-hybridized carbons (Fsp3) is 0.531. The van der Waals surface area contributed by atoms with E-state index in [1.165, 1.54) is 0 Å². The number of rotatable bonds is 12. The van der Waals surface area contributed by atoms with Crippen LogP contribution in [0.1, 0.15) is 90.5 Å². The highest BCUT2D eigenvalue weighted by molar-refractivity contribution is 6.34. The van der Waals surface area contributed by atoms with Gasteiger partial charge in [-0.1, -0.05) is 82.1 Å². The molecule has 0 bridgehead atoms. The average Bonchev–Trinajstić information content (AvgIpc) is 2.86. The SMILES string of the molecule is CCCCN(C(=O)C(CC(C)C)NC(=O)OC(C)(C)C)C(C(=O)Nc1c(C)cccc1Cl)c1ccc(CC)cc1. The third-order valence-corrected chi connectivity index (χ3v) is 6.78. The summed E-state index contributed by atoms with van der Waals surface area (Å²) in [6, 6.07) is 11.4. The number of nitrogens with one attached hydrogen (secondary N) is 2. The van der Waals surface area contributed by atoms with Crippen molar-refractivity contribution in [2.45, 2.75) is 98.8 Å². The van der Waals surface area contributed by atoms with Crippen LogP contribution in [-0.2, 0) is 20.7 Å². The summed E-state index contributed by atoms with van der Waals surface area (Å²) in [5, 5.41) is 6.20. The number of ether oxygens (including phenoxy) is 1. The molecular formula is C32H46ClN3O4. The number of halogens is 1. The monoisotopic (exact) mass is 571 g/mol. The van der Waals surface area contributed by atoms with Crippen molar-refractivity contribution in [1.82, 2.24) is 10.2 Å². The van der Waals surface area contributed by atoms with E-state index in [1.807, 2.05) is 64.1 Å². The maximum Gasteiger partial charge on any atom is 0.408 e.